The lowest BCUT2D eigenvalue weighted by molar-refractivity contribution is -0.150. The quantitative estimate of drug-likeness (QED) is 0.726. The van der Waals surface area contributed by atoms with E-state index in [1.165, 1.54) is 13.4 Å². The summed E-state index contributed by atoms with van der Waals surface area (Å²) in [5.74, 6) is -1.77. The number of fused-ring (bicyclic) bond motifs is 3. The third kappa shape index (κ3) is 2.70. The van der Waals surface area contributed by atoms with Crippen LogP contribution in [-0.4, -0.2) is 54.9 Å². The molecule has 31 heavy (non-hydrogen) atoms. The van der Waals surface area contributed by atoms with Gasteiger partial charge < -0.3 is 23.7 Å². The fraction of sp³-hybridized carbons (Fsp3) is 0.609. The van der Waals surface area contributed by atoms with E-state index in [-0.39, 0.29) is 42.0 Å². The molecule has 1 N–H and O–H groups in total. The molecule has 0 spiro atoms. The van der Waals surface area contributed by atoms with Crippen molar-refractivity contribution in [1.82, 2.24) is 0 Å². The molecule has 0 aromatic carbocycles. The first-order chi connectivity index (χ1) is 14.8. The lowest BCUT2D eigenvalue weighted by Crippen LogP contribution is -2.50. The lowest BCUT2D eigenvalue weighted by atomic mass is 9.58. The fourth-order valence-electron chi connectivity index (χ4n) is 6.09. The van der Waals surface area contributed by atoms with Crippen molar-refractivity contribution in [2.24, 2.45) is 11.3 Å². The van der Waals surface area contributed by atoms with Crippen molar-refractivity contribution < 1.29 is 38.1 Å². The summed E-state index contributed by atoms with van der Waals surface area (Å²) in [6.07, 6.45) is 1.13. The number of esters is 2. The van der Waals surface area contributed by atoms with Gasteiger partial charge in [-0.05, 0) is 30.8 Å². The topological polar surface area (TPSA) is 112 Å². The summed E-state index contributed by atoms with van der Waals surface area (Å²) in [5.41, 5.74) is 1.35. The van der Waals surface area contributed by atoms with E-state index in [0.29, 0.717) is 36.0 Å². The third-order valence-corrected chi connectivity index (χ3v) is 7.59. The SMILES string of the molecule is CCC(=O)O[C@@H]1C[C@]2(C)[C@@H](O)CC[C@H]2C2=C1C1c3c(coc3C2=O)C(=O)O[C@@H]1COC. The van der Waals surface area contributed by atoms with Crippen molar-refractivity contribution >= 4 is 17.7 Å². The second-order valence-corrected chi connectivity index (χ2v) is 9.15. The van der Waals surface area contributed by atoms with Crippen LogP contribution in [0.1, 0.15) is 71.9 Å². The maximum Gasteiger partial charge on any atom is 0.342 e. The van der Waals surface area contributed by atoms with Crippen molar-refractivity contribution in [2.75, 3.05) is 13.7 Å². The molecular formula is C23H26O8. The molecule has 1 aromatic heterocycles. The molecule has 1 fully saturated rings. The number of rotatable bonds is 4. The van der Waals surface area contributed by atoms with Crippen LogP contribution in [0.4, 0.5) is 0 Å². The van der Waals surface area contributed by atoms with Gasteiger partial charge in [0.1, 0.15) is 24.0 Å². The molecule has 5 rings (SSSR count). The van der Waals surface area contributed by atoms with E-state index in [9.17, 15) is 19.5 Å². The molecule has 0 radical (unpaired) electrons. The second-order valence-electron chi connectivity index (χ2n) is 9.15. The molecule has 0 amide bonds. The van der Waals surface area contributed by atoms with Gasteiger partial charge in [0.2, 0.25) is 5.78 Å². The highest BCUT2D eigenvalue weighted by Gasteiger charge is 2.60. The zero-order valence-electron chi connectivity index (χ0n) is 17.8. The van der Waals surface area contributed by atoms with Gasteiger partial charge in [-0.1, -0.05) is 13.8 Å². The number of allylic oxidation sites excluding steroid dienone is 1. The van der Waals surface area contributed by atoms with E-state index < -0.39 is 35.6 Å². The molecule has 3 aliphatic carbocycles. The van der Waals surface area contributed by atoms with Gasteiger partial charge >= 0.3 is 11.9 Å². The van der Waals surface area contributed by atoms with Crippen LogP contribution in [0.3, 0.4) is 0 Å². The molecule has 2 heterocycles. The van der Waals surface area contributed by atoms with Gasteiger partial charge in [0.15, 0.2) is 5.76 Å². The minimum Gasteiger partial charge on any atom is -0.460 e. The zero-order chi connectivity index (χ0) is 22.1. The van der Waals surface area contributed by atoms with Crippen LogP contribution in [0.5, 0.6) is 0 Å². The summed E-state index contributed by atoms with van der Waals surface area (Å²) in [7, 11) is 1.52. The monoisotopic (exact) mass is 430 g/mol. The molecular weight excluding hydrogens is 404 g/mol. The van der Waals surface area contributed by atoms with Crippen LogP contribution in [0.15, 0.2) is 21.8 Å². The Morgan fingerprint density at radius 3 is 2.81 bits per heavy atom. The summed E-state index contributed by atoms with van der Waals surface area (Å²) in [6, 6.07) is 0. The molecule has 0 saturated heterocycles. The number of Topliss-reactive ketones (excluding diaryl/α,β-unsaturated/α-hetero) is 1. The summed E-state index contributed by atoms with van der Waals surface area (Å²) in [5, 5.41) is 10.8. The summed E-state index contributed by atoms with van der Waals surface area (Å²) in [6.45, 7) is 3.80. The maximum absolute atomic E-state index is 13.7. The van der Waals surface area contributed by atoms with Crippen molar-refractivity contribution in [2.45, 2.75) is 63.8 Å². The average molecular weight is 430 g/mol. The summed E-state index contributed by atoms with van der Waals surface area (Å²) >= 11 is 0. The number of carbonyl (C=O) groups excluding carboxylic acids is 3. The largest absolute Gasteiger partial charge is 0.460 e. The van der Waals surface area contributed by atoms with Crippen molar-refractivity contribution in [3.63, 3.8) is 0 Å². The molecule has 6 atom stereocenters. The van der Waals surface area contributed by atoms with Crippen LogP contribution in [0.2, 0.25) is 0 Å². The number of cyclic esters (lactones) is 1. The number of hydrogen-bond donors (Lipinski definition) is 1. The molecule has 1 unspecified atom stereocenters. The van der Waals surface area contributed by atoms with Crippen molar-refractivity contribution in [3.8, 4) is 0 Å². The molecule has 166 valence electrons. The van der Waals surface area contributed by atoms with Gasteiger partial charge in [0.05, 0.1) is 18.6 Å². The second kappa shape index (κ2) is 7.03. The van der Waals surface area contributed by atoms with Crippen LogP contribution < -0.4 is 0 Å². The predicted octanol–water partition coefficient (Wildman–Crippen LogP) is 2.54. The number of furan rings is 1. The Labute approximate surface area is 179 Å². The zero-order valence-corrected chi connectivity index (χ0v) is 17.8. The van der Waals surface area contributed by atoms with E-state index >= 15 is 0 Å². The number of methoxy groups -OCH3 is 1. The fourth-order valence-corrected chi connectivity index (χ4v) is 6.09. The van der Waals surface area contributed by atoms with Gasteiger partial charge in [-0.3, -0.25) is 9.59 Å². The first kappa shape index (κ1) is 20.5. The average Bonchev–Trinajstić information content (AvgIpc) is 3.30. The highest BCUT2D eigenvalue weighted by atomic mass is 16.6. The van der Waals surface area contributed by atoms with Gasteiger partial charge in [-0.2, -0.15) is 0 Å². The lowest BCUT2D eigenvalue weighted by Gasteiger charge is -2.48. The Balaban J connectivity index is 1.74. The van der Waals surface area contributed by atoms with Crippen LogP contribution in [0, 0.1) is 11.3 Å². The minimum absolute atomic E-state index is 0.129. The maximum atomic E-state index is 13.7. The first-order valence-corrected chi connectivity index (χ1v) is 10.8. The van der Waals surface area contributed by atoms with Gasteiger partial charge in [0, 0.05) is 30.1 Å². The van der Waals surface area contributed by atoms with Gasteiger partial charge in [0.25, 0.3) is 0 Å². The Kier molecular flexibility index (Phi) is 4.64. The molecule has 1 saturated carbocycles. The predicted molar refractivity (Wildman–Crippen MR) is 106 cm³/mol. The molecule has 1 aliphatic heterocycles. The number of aliphatic hydroxyl groups is 1. The van der Waals surface area contributed by atoms with E-state index in [1.54, 1.807) is 6.92 Å². The summed E-state index contributed by atoms with van der Waals surface area (Å²) in [4.78, 5) is 38.5. The summed E-state index contributed by atoms with van der Waals surface area (Å²) < 4.78 is 22.4. The molecule has 0 bridgehead atoms. The van der Waals surface area contributed by atoms with Crippen molar-refractivity contribution in [3.05, 3.63) is 34.3 Å². The smallest absolute Gasteiger partial charge is 0.342 e. The Hall–Kier alpha value is -2.45. The standard InChI is InChI=1S/C23H26O8/c1-4-15(25)30-12-7-23(2)11(5-6-14(23)24)17-18(12)19-13(9-28-3)31-22(27)10-8-29-21(16(10)19)20(17)26/h8,11-14,19,24H,4-7,9H2,1-3H3/t11-,12+,13+,14-,19?,23-/m0/s1. The minimum atomic E-state index is -0.697. The molecule has 4 aliphatic rings. The Bertz CT molecular complexity index is 1000. The van der Waals surface area contributed by atoms with E-state index in [0.717, 1.165) is 0 Å². The number of ether oxygens (including phenoxy) is 3. The van der Waals surface area contributed by atoms with Crippen LogP contribution >= 0.6 is 0 Å². The number of aliphatic hydroxyl groups excluding tert-OH is 1. The third-order valence-electron chi connectivity index (χ3n) is 7.59. The van der Waals surface area contributed by atoms with Gasteiger partial charge in [-0.15, -0.1) is 0 Å². The van der Waals surface area contributed by atoms with E-state index in [4.69, 9.17) is 18.6 Å². The van der Waals surface area contributed by atoms with Crippen LogP contribution in [-0.2, 0) is 19.0 Å². The molecule has 1 aromatic rings. The Morgan fingerprint density at radius 2 is 2.10 bits per heavy atom. The van der Waals surface area contributed by atoms with Crippen molar-refractivity contribution in [1.29, 1.82) is 0 Å². The highest BCUT2D eigenvalue weighted by molar-refractivity contribution is 6.13. The Morgan fingerprint density at radius 1 is 1.32 bits per heavy atom. The number of ketones is 1. The normalized spacial score (nSPS) is 35.9. The molecule has 8 nitrogen and oxygen atoms in total. The van der Waals surface area contributed by atoms with Gasteiger partial charge in [-0.25, -0.2) is 4.79 Å². The number of carbonyl (C=O) groups is 3. The first-order valence-electron chi connectivity index (χ1n) is 10.8. The highest BCUT2D eigenvalue weighted by Crippen LogP contribution is 2.60. The van der Waals surface area contributed by atoms with E-state index in [1.807, 2.05) is 6.92 Å². The number of hydrogen-bond acceptors (Lipinski definition) is 8. The van der Waals surface area contributed by atoms with E-state index in [2.05, 4.69) is 0 Å². The van der Waals surface area contributed by atoms with Crippen LogP contribution in [0.25, 0.3) is 0 Å². The molecule has 8 heteroatoms.